The van der Waals surface area contributed by atoms with E-state index in [0.717, 1.165) is 12.1 Å². The Hall–Kier alpha value is -0.500. The summed E-state index contributed by atoms with van der Waals surface area (Å²) in [6.45, 7) is 2.93. The van der Waals surface area contributed by atoms with Gasteiger partial charge in [-0.1, -0.05) is 18.5 Å². The highest BCUT2D eigenvalue weighted by Crippen LogP contribution is 2.38. The molecule has 0 amide bonds. The molecular formula is C15H17ClINO2S. The minimum Gasteiger partial charge on any atom is -0.493 e. The van der Waals surface area contributed by atoms with Crippen molar-refractivity contribution in [1.29, 1.82) is 0 Å². The van der Waals surface area contributed by atoms with Crippen LogP contribution in [0.15, 0.2) is 23.6 Å². The van der Waals surface area contributed by atoms with Gasteiger partial charge in [-0.2, -0.15) is 0 Å². The zero-order valence-electron chi connectivity index (χ0n) is 12.1. The van der Waals surface area contributed by atoms with Crippen LogP contribution in [-0.2, 0) is 0 Å². The molecule has 21 heavy (non-hydrogen) atoms. The van der Waals surface area contributed by atoms with E-state index in [0.29, 0.717) is 16.5 Å². The summed E-state index contributed by atoms with van der Waals surface area (Å²) in [5, 5.41) is 6.30. The number of benzene rings is 1. The zero-order valence-corrected chi connectivity index (χ0v) is 15.8. The molecule has 0 radical (unpaired) electrons. The molecule has 1 unspecified atom stereocenters. The Morgan fingerprint density at radius 2 is 1.90 bits per heavy atom. The van der Waals surface area contributed by atoms with Gasteiger partial charge in [-0.25, -0.2) is 0 Å². The molecule has 114 valence electrons. The highest BCUT2D eigenvalue weighted by molar-refractivity contribution is 14.1. The summed E-state index contributed by atoms with van der Waals surface area (Å²) in [5.74, 6) is 1.33. The molecule has 2 aromatic rings. The first-order chi connectivity index (χ1) is 10.1. The Balaban J connectivity index is 2.49. The van der Waals surface area contributed by atoms with E-state index in [-0.39, 0.29) is 6.04 Å². The van der Waals surface area contributed by atoms with E-state index in [9.17, 15) is 0 Å². The van der Waals surface area contributed by atoms with E-state index in [1.54, 1.807) is 31.6 Å². The van der Waals surface area contributed by atoms with Crippen molar-refractivity contribution in [3.8, 4) is 11.5 Å². The number of thiophene rings is 1. The molecule has 6 heteroatoms. The maximum Gasteiger partial charge on any atom is 0.162 e. The molecule has 0 bridgehead atoms. The van der Waals surface area contributed by atoms with Crippen molar-refractivity contribution in [2.45, 2.75) is 13.0 Å². The summed E-state index contributed by atoms with van der Waals surface area (Å²) in [5.41, 5.74) is 2.20. The summed E-state index contributed by atoms with van der Waals surface area (Å²) in [6, 6.07) is 5.96. The summed E-state index contributed by atoms with van der Waals surface area (Å²) in [6.07, 6.45) is 0. The smallest absolute Gasteiger partial charge is 0.162 e. The van der Waals surface area contributed by atoms with E-state index in [1.165, 1.54) is 8.45 Å². The van der Waals surface area contributed by atoms with Gasteiger partial charge in [0, 0.05) is 11.1 Å². The van der Waals surface area contributed by atoms with Crippen LogP contribution in [0.1, 0.15) is 24.1 Å². The maximum absolute atomic E-state index is 6.45. The highest BCUT2D eigenvalue weighted by Gasteiger charge is 2.20. The van der Waals surface area contributed by atoms with Crippen LogP contribution in [0.3, 0.4) is 0 Å². The van der Waals surface area contributed by atoms with Gasteiger partial charge in [-0.3, -0.25) is 0 Å². The van der Waals surface area contributed by atoms with Crippen LogP contribution in [0.4, 0.5) is 0 Å². The van der Waals surface area contributed by atoms with Crippen LogP contribution in [0.25, 0.3) is 0 Å². The lowest BCUT2D eigenvalue weighted by molar-refractivity contribution is 0.354. The number of hydrogen-bond donors (Lipinski definition) is 1. The van der Waals surface area contributed by atoms with Crippen LogP contribution in [0, 0.1) is 2.88 Å². The monoisotopic (exact) mass is 437 g/mol. The van der Waals surface area contributed by atoms with E-state index >= 15 is 0 Å². The van der Waals surface area contributed by atoms with Gasteiger partial charge in [0.05, 0.1) is 23.1 Å². The van der Waals surface area contributed by atoms with Crippen LogP contribution in [-0.4, -0.2) is 20.8 Å². The molecule has 1 aromatic heterocycles. The lowest BCUT2D eigenvalue weighted by atomic mass is 10.0. The van der Waals surface area contributed by atoms with Gasteiger partial charge in [-0.05, 0) is 57.8 Å². The molecule has 0 saturated carbocycles. The lowest BCUT2D eigenvalue weighted by Crippen LogP contribution is -2.22. The molecule has 1 aromatic carbocycles. The van der Waals surface area contributed by atoms with Gasteiger partial charge in [0.2, 0.25) is 0 Å². The second kappa shape index (κ2) is 7.67. The number of hydrogen-bond acceptors (Lipinski definition) is 4. The van der Waals surface area contributed by atoms with Crippen LogP contribution >= 0.6 is 45.5 Å². The topological polar surface area (TPSA) is 30.5 Å². The molecule has 0 fully saturated rings. The minimum atomic E-state index is 0.0436. The molecule has 1 atom stereocenters. The van der Waals surface area contributed by atoms with Crippen LogP contribution in [0.2, 0.25) is 5.02 Å². The summed E-state index contributed by atoms with van der Waals surface area (Å²) in [7, 11) is 3.24. The molecular weight excluding hydrogens is 421 g/mol. The Morgan fingerprint density at radius 1 is 1.24 bits per heavy atom. The van der Waals surface area contributed by atoms with E-state index in [4.69, 9.17) is 21.1 Å². The fourth-order valence-corrected chi connectivity index (χ4v) is 3.84. The van der Waals surface area contributed by atoms with Gasteiger partial charge in [0.1, 0.15) is 0 Å². The molecule has 0 aliphatic rings. The minimum absolute atomic E-state index is 0.0436. The van der Waals surface area contributed by atoms with E-state index in [2.05, 4.69) is 46.3 Å². The molecule has 0 spiro atoms. The number of nitrogens with one attached hydrogen (secondary N) is 1. The normalized spacial score (nSPS) is 12.2. The number of methoxy groups -OCH3 is 2. The highest BCUT2D eigenvalue weighted by atomic mass is 127. The number of rotatable bonds is 6. The lowest BCUT2D eigenvalue weighted by Gasteiger charge is -2.20. The molecule has 3 nitrogen and oxygen atoms in total. The Kier molecular flexibility index (Phi) is 6.16. The molecule has 1 N–H and O–H groups in total. The predicted octanol–water partition coefficient (Wildman–Crippen LogP) is 4.72. The average Bonchev–Trinajstić information content (AvgIpc) is 2.91. The Morgan fingerprint density at radius 3 is 2.43 bits per heavy atom. The van der Waals surface area contributed by atoms with Crippen molar-refractivity contribution in [2.75, 3.05) is 20.8 Å². The van der Waals surface area contributed by atoms with Crippen molar-refractivity contribution in [2.24, 2.45) is 0 Å². The van der Waals surface area contributed by atoms with Gasteiger partial charge < -0.3 is 14.8 Å². The van der Waals surface area contributed by atoms with Crippen molar-refractivity contribution in [1.82, 2.24) is 5.32 Å². The van der Waals surface area contributed by atoms with Crippen molar-refractivity contribution < 1.29 is 9.47 Å². The third kappa shape index (κ3) is 3.83. The fraction of sp³-hybridized carbons (Fsp3) is 0.333. The third-order valence-electron chi connectivity index (χ3n) is 3.14. The van der Waals surface area contributed by atoms with Crippen LogP contribution in [0.5, 0.6) is 11.5 Å². The number of halogens is 2. The standard InChI is InChI=1S/C15H17ClINO2S/c1-4-18-15(9-5-14(17)21-8-9)10-6-12(19-2)13(20-3)7-11(10)16/h5-8,15,18H,4H2,1-3H3. The van der Waals surface area contributed by atoms with E-state index in [1.807, 2.05) is 6.07 Å². The first-order valence-corrected chi connectivity index (χ1v) is 8.83. The average molecular weight is 438 g/mol. The summed E-state index contributed by atoms with van der Waals surface area (Å²) >= 11 is 10.5. The quantitative estimate of drug-likeness (QED) is 0.663. The second-order valence-corrected chi connectivity index (χ2v) is 7.62. The zero-order chi connectivity index (χ0) is 15.4. The summed E-state index contributed by atoms with van der Waals surface area (Å²) < 4.78 is 11.9. The van der Waals surface area contributed by atoms with Gasteiger partial charge in [0.15, 0.2) is 11.5 Å². The maximum atomic E-state index is 6.45. The van der Waals surface area contributed by atoms with Gasteiger partial charge in [0.25, 0.3) is 0 Å². The van der Waals surface area contributed by atoms with Gasteiger partial charge in [-0.15, -0.1) is 11.3 Å². The largest absolute Gasteiger partial charge is 0.493 e. The molecule has 1 heterocycles. The first-order valence-electron chi connectivity index (χ1n) is 6.49. The molecule has 0 saturated heterocycles. The number of ether oxygens (including phenoxy) is 2. The van der Waals surface area contributed by atoms with E-state index < -0.39 is 0 Å². The molecule has 0 aliphatic carbocycles. The summed E-state index contributed by atoms with van der Waals surface area (Å²) in [4.78, 5) is 0. The third-order valence-corrected chi connectivity index (χ3v) is 5.28. The molecule has 2 rings (SSSR count). The van der Waals surface area contributed by atoms with Crippen LogP contribution < -0.4 is 14.8 Å². The van der Waals surface area contributed by atoms with Crippen molar-refractivity contribution in [3.63, 3.8) is 0 Å². The van der Waals surface area contributed by atoms with Gasteiger partial charge >= 0.3 is 0 Å². The van der Waals surface area contributed by atoms with Crippen molar-refractivity contribution in [3.05, 3.63) is 42.6 Å². The molecule has 0 aliphatic heterocycles. The van der Waals surface area contributed by atoms with Crippen molar-refractivity contribution >= 4 is 45.5 Å². The Bertz CT molecular complexity index is 618. The first kappa shape index (κ1) is 16.9. The second-order valence-electron chi connectivity index (χ2n) is 4.40. The fourth-order valence-electron chi connectivity index (χ4n) is 2.18. The predicted molar refractivity (Wildman–Crippen MR) is 97.1 cm³/mol. The Labute approximate surface area is 147 Å². The SMILES string of the molecule is CCNC(c1csc(I)c1)c1cc(OC)c(OC)cc1Cl.